The molecule has 0 aromatic carbocycles. The molecular weight excluding hydrogens is 308 g/mol. The van der Waals surface area contributed by atoms with Gasteiger partial charge >= 0.3 is 0 Å². The number of ketones is 1. The van der Waals surface area contributed by atoms with Crippen molar-refractivity contribution in [3.63, 3.8) is 0 Å². The van der Waals surface area contributed by atoms with Gasteiger partial charge in [0.2, 0.25) is 0 Å². The summed E-state index contributed by atoms with van der Waals surface area (Å²) < 4.78 is 0. The van der Waals surface area contributed by atoms with Crippen LogP contribution < -0.4 is 0 Å². The quantitative estimate of drug-likeness (QED) is 0.740. The molecule has 136 valence electrons. The fraction of sp³-hybridized carbons (Fsp3) is 0.696. The maximum atomic E-state index is 11.9. The average molecular weight is 341 g/mol. The van der Waals surface area contributed by atoms with Crippen molar-refractivity contribution < 1.29 is 9.90 Å². The largest absolute Gasteiger partial charge is 0.392 e. The molecule has 2 nitrogen and oxygen atoms in total. The van der Waals surface area contributed by atoms with E-state index in [0.29, 0.717) is 34.9 Å². The lowest BCUT2D eigenvalue weighted by Crippen LogP contribution is -2.49. The molecule has 4 aliphatic carbocycles. The minimum atomic E-state index is 0.122. The van der Waals surface area contributed by atoms with E-state index in [1.165, 1.54) is 24.0 Å². The first kappa shape index (κ1) is 17.3. The van der Waals surface area contributed by atoms with Gasteiger partial charge in [-0.15, -0.1) is 0 Å². The molecular formula is C23H32O2. The molecule has 0 radical (unpaired) electrons. The first-order chi connectivity index (χ1) is 12.0. The van der Waals surface area contributed by atoms with Gasteiger partial charge in [0.25, 0.3) is 0 Å². The molecule has 0 aromatic rings. The number of carbonyl (C=O) groups excluding carboxylic acids is 1. The molecule has 0 saturated heterocycles. The van der Waals surface area contributed by atoms with Crippen LogP contribution in [0.2, 0.25) is 0 Å². The van der Waals surface area contributed by atoms with Crippen molar-refractivity contribution in [2.24, 2.45) is 40.9 Å². The zero-order valence-corrected chi connectivity index (χ0v) is 15.7. The SMILES string of the molecule is C=C1C[C@H]2[C@H]3[C@H](CC[C@]2(C)[C@@H]1/C=C/CO)[C@H]1CCC(=O)C=C1C[C@H]3C. The summed E-state index contributed by atoms with van der Waals surface area (Å²) in [6, 6.07) is 0. The van der Waals surface area contributed by atoms with Crippen molar-refractivity contribution in [3.8, 4) is 0 Å². The van der Waals surface area contributed by atoms with Crippen LogP contribution in [0.25, 0.3) is 0 Å². The van der Waals surface area contributed by atoms with Crippen LogP contribution in [0.15, 0.2) is 36.0 Å². The second kappa shape index (κ2) is 6.23. The maximum Gasteiger partial charge on any atom is 0.155 e. The van der Waals surface area contributed by atoms with Gasteiger partial charge in [-0.05, 0) is 73.2 Å². The number of rotatable bonds is 2. The summed E-state index contributed by atoms with van der Waals surface area (Å²) in [4.78, 5) is 11.9. The van der Waals surface area contributed by atoms with Crippen molar-refractivity contribution in [2.75, 3.05) is 6.61 Å². The van der Waals surface area contributed by atoms with E-state index in [0.717, 1.165) is 37.5 Å². The first-order valence-electron chi connectivity index (χ1n) is 10.1. The zero-order valence-electron chi connectivity index (χ0n) is 15.7. The summed E-state index contributed by atoms with van der Waals surface area (Å²) in [6.45, 7) is 9.43. The smallest absolute Gasteiger partial charge is 0.155 e. The molecule has 0 unspecified atom stereocenters. The van der Waals surface area contributed by atoms with Crippen LogP contribution in [0.1, 0.15) is 52.4 Å². The predicted octanol–water partition coefficient (Wildman–Crippen LogP) is 4.71. The fourth-order valence-corrected chi connectivity index (χ4v) is 7.14. The third-order valence-corrected chi connectivity index (χ3v) is 8.14. The lowest BCUT2D eigenvalue weighted by molar-refractivity contribution is -0.116. The Hall–Kier alpha value is -1.15. The Kier molecular flexibility index (Phi) is 4.30. The van der Waals surface area contributed by atoms with Crippen molar-refractivity contribution in [2.45, 2.75) is 52.4 Å². The molecule has 4 aliphatic rings. The van der Waals surface area contributed by atoms with Gasteiger partial charge in [0, 0.05) is 12.3 Å². The van der Waals surface area contributed by atoms with Crippen molar-refractivity contribution in [1.29, 1.82) is 0 Å². The highest BCUT2D eigenvalue weighted by Gasteiger charge is 2.58. The van der Waals surface area contributed by atoms with Crippen molar-refractivity contribution in [1.82, 2.24) is 0 Å². The van der Waals surface area contributed by atoms with Gasteiger partial charge in [-0.25, -0.2) is 0 Å². The summed E-state index contributed by atoms with van der Waals surface area (Å²) in [5.74, 6) is 4.32. The average Bonchev–Trinajstić information content (AvgIpc) is 2.82. The summed E-state index contributed by atoms with van der Waals surface area (Å²) in [7, 11) is 0. The maximum absolute atomic E-state index is 11.9. The van der Waals surface area contributed by atoms with Crippen molar-refractivity contribution in [3.05, 3.63) is 36.0 Å². The molecule has 3 saturated carbocycles. The Labute approximate surface area is 152 Å². The zero-order chi connectivity index (χ0) is 17.8. The number of allylic oxidation sites excluding steroid dienone is 3. The molecule has 2 heteroatoms. The molecule has 0 bridgehead atoms. The summed E-state index contributed by atoms with van der Waals surface area (Å²) in [5.41, 5.74) is 3.12. The van der Waals surface area contributed by atoms with E-state index in [1.807, 2.05) is 12.2 Å². The topological polar surface area (TPSA) is 37.3 Å². The van der Waals surface area contributed by atoms with Crippen LogP contribution in [0, 0.1) is 40.9 Å². The highest BCUT2D eigenvalue weighted by atomic mass is 16.2. The number of fused-ring (bicyclic) bond motifs is 5. The van der Waals surface area contributed by atoms with Gasteiger partial charge in [-0.3, -0.25) is 4.79 Å². The molecule has 1 N–H and O–H groups in total. The van der Waals surface area contributed by atoms with E-state index in [1.54, 1.807) is 0 Å². The van der Waals surface area contributed by atoms with E-state index in [4.69, 9.17) is 0 Å². The second-order valence-corrected chi connectivity index (χ2v) is 9.36. The number of hydrogen-bond donors (Lipinski definition) is 1. The van der Waals surface area contributed by atoms with Gasteiger partial charge in [0.1, 0.15) is 0 Å². The third kappa shape index (κ3) is 2.60. The van der Waals surface area contributed by atoms with Crippen LogP contribution in [0.3, 0.4) is 0 Å². The lowest BCUT2D eigenvalue weighted by atomic mass is 9.49. The van der Waals surface area contributed by atoms with Crippen LogP contribution >= 0.6 is 0 Å². The molecule has 4 rings (SSSR count). The number of carbonyl (C=O) groups is 1. The van der Waals surface area contributed by atoms with E-state index in [2.05, 4.69) is 26.5 Å². The minimum Gasteiger partial charge on any atom is -0.392 e. The number of aliphatic hydroxyl groups excluding tert-OH is 1. The number of hydrogen-bond acceptors (Lipinski definition) is 2. The molecule has 0 spiro atoms. The van der Waals surface area contributed by atoms with E-state index >= 15 is 0 Å². The Bertz CT molecular complexity index is 642. The minimum absolute atomic E-state index is 0.122. The van der Waals surface area contributed by atoms with E-state index in [9.17, 15) is 9.90 Å². The van der Waals surface area contributed by atoms with Gasteiger partial charge in [0.05, 0.1) is 6.61 Å². The standard InChI is InChI=1S/C23H32O2/c1-14-12-21-22-15(2)11-16-13-17(25)6-7-18(16)19(22)8-9-23(21,3)20(14)5-4-10-24/h4-5,13,15,18-22,24H,1,6-12H2,2-3H3/b5-4+/t15-,18+,19-,20-,21+,22-,23-/m1/s1. The Balaban J connectivity index is 1.66. The molecule has 25 heavy (non-hydrogen) atoms. The van der Waals surface area contributed by atoms with E-state index in [-0.39, 0.29) is 6.61 Å². The summed E-state index contributed by atoms with van der Waals surface area (Å²) in [5, 5.41) is 9.22. The summed E-state index contributed by atoms with van der Waals surface area (Å²) in [6.07, 6.45) is 12.8. The Morgan fingerprint density at radius 1 is 1.36 bits per heavy atom. The fourth-order valence-electron chi connectivity index (χ4n) is 7.14. The summed E-state index contributed by atoms with van der Waals surface area (Å²) >= 11 is 0. The highest BCUT2D eigenvalue weighted by Crippen LogP contribution is 2.66. The Morgan fingerprint density at radius 3 is 2.92 bits per heavy atom. The molecule has 0 amide bonds. The monoisotopic (exact) mass is 340 g/mol. The van der Waals surface area contributed by atoms with Gasteiger partial charge < -0.3 is 5.11 Å². The molecule has 0 aromatic heterocycles. The van der Waals surface area contributed by atoms with E-state index < -0.39 is 0 Å². The van der Waals surface area contributed by atoms with Gasteiger partial charge in [-0.2, -0.15) is 0 Å². The van der Waals surface area contributed by atoms with Crippen molar-refractivity contribution >= 4 is 5.78 Å². The highest BCUT2D eigenvalue weighted by molar-refractivity contribution is 5.91. The Morgan fingerprint density at radius 2 is 2.16 bits per heavy atom. The van der Waals surface area contributed by atoms with Crippen LogP contribution in [0.4, 0.5) is 0 Å². The first-order valence-corrected chi connectivity index (χ1v) is 10.1. The van der Waals surface area contributed by atoms with Gasteiger partial charge in [-0.1, -0.05) is 43.7 Å². The molecule has 0 aliphatic heterocycles. The lowest BCUT2D eigenvalue weighted by Gasteiger charge is -2.56. The third-order valence-electron chi connectivity index (χ3n) is 8.14. The molecule has 7 atom stereocenters. The normalized spacial score (nSPS) is 46.6. The molecule has 3 fully saturated rings. The second-order valence-electron chi connectivity index (χ2n) is 9.36. The van der Waals surface area contributed by atoms with Gasteiger partial charge in [0.15, 0.2) is 5.78 Å². The van der Waals surface area contributed by atoms with Crippen LogP contribution in [-0.4, -0.2) is 17.5 Å². The number of aliphatic hydroxyl groups is 1. The van der Waals surface area contributed by atoms with Crippen LogP contribution in [0.5, 0.6) is 0 Å². The van der Waals surface area contributed by atoms with Crippen LogP contribution in [-0.2, 0) is 4.79 Å². The predicted molar refractivity (Wildman–Crippen MR) is 101 cm³/mol. The molecule has 0 heterocycles.